The predicted molar refractivity (Wildman–Crippen MR) is 206 cm³/mol. The van der Waals surface area contributed by atoms with Crippen molar-refractivity contribution in [3.8, 4) is 11.5 Å². The number of nitrogens with one attached hydrogen (secondary N) is 4. The number of hydrogen-bond donors (Lipinski definition) is 5. The number of carbonyl (C=O) groups is 4. The van der Waals surface area contributed by atoms with E-state index in [1.54, 1.807) is 24.3 Å². The molecule has 0 fully saturated rings. The highest BCUT2D eigenvalue weighted by Crippen LogP contribution is 2.45. The van der Waals surface area contributed by atoms with Crippen molar-refractivity contribution < 1.29 is 33.8 Å². The van der Waals surface area contributed by atoms with Crippen LogP contribution in [0.2, 0.25) is 0 Å². The normalized spacial score (nSPS) is 18.3. The van der Waals surface area contributed by atoms with Crippen LogP contribution in [0, 0.1) is 0 Å². The Kier molecular flexibility index (Phi) is 9.58. The van der Waals surface area contributed by atoms with Gasteiger partial charge in [-0.15, -0.1) is 0 Å². The van der Waals surface area contributed by atoms with Gasteiger partial charge in [0.05, 0.1) is 6.10 Å². The number of fused-ring (bicyclic) bond motifs is 13. The molecule has 55 heavy (non-hydrogen) atoms. The van der Waals surface area contributed by atoms with Gasteiger partial charge in [-0.1, -0.05) is 66.8 Å². The zero-order valence-corrected chi connectivity index (χ0v) is 29.2. The number of aromatic hydroxyl groups is 1. The van der Waals surface area contributed by atoms with E-state index in [-0.39, 0.29) is 53.4 Å². The molecule has 2 aliphatic carbocycles. The van der Waals surface area contributed by atoms with Gasteiger partial charge in [-0.25, -0.2) is 9.97 Å². The molecule has 0 saturated carbocycles. The summed E-state index contributed by atoms with van der Waals surface area (Å²) in [5, 5.41) is 21.1. The van der Waals surface area contributed by atoms with Gasteiger partial charge >= 0.3 is 0 Å². The number of allylic oxidation sites excluding steroid dienone is 1. The Morgan fingerprint density at radius 2 is 1.31 bits per heavy atom. The lowest BCUT2D eigenvalue weighted by molar-refractivity contribution is -0.122. The van der Waals surface area contributed by atoms with Crippen molar-refractivity contribution in [1.82, 2.24) is 9.97 Å². The van der Waals surface area contributed by atoms with Crippen LogP contribution in [0.4, 0.5) is 23.3 Å². The number of anilines is 4. The van der Waals surface area contributed by atoms with Crippen molar-refractivity contribution in [2.24, 2.45) is 0 Å². The van der Waals surface area contributed by atoms with E-state index in [4.69, 9.17) is 9.47 Å². The van der Waals surface area contributed by atoms with E-state index in [1.165, 1.54) is 30.3 Å². The third-order valence-corrected chi connectivity index (χ3v) is 9.36. The zero-order valence-electron chi connectivity index (χ0n) is 29.2. The lowest BCUT2D eigenvalue weighted by atomic mass is 9.76. The molecule has 2 aromatic heterocycles. The number of phenolic OH excluding ortho intramolecular Hbond substituents is 1. The van der Waals surface area contributed by atoms with Gasteiger partial charge in [0.2, 0.25) is 0 Å². The van der Waals surface area contributed by atoms with Crippen LogP contribution in [0.3, 0.4) is 0 Å². The third kappa shape index (κ3) is 7.68. The molecule has 6 bridgehead atoms. The van der Waals surface area contributed by atoms with Crippen molar-refractivity contribution in [3.63, 3.8) is 0 Å². The molecular weight excluding hydrogens is 700 g/mol. The summed E-state index contributed by atoms with van der Waals surface area (Å²) in [5.74, 6) is -1.97. The summed E-state index contributed by atoms with van der Waals surface area (Å²) >= 11 is 0. The van der Waals surface area contributed by atoms with Crippen LogP contribution in [-0.2, 0) is 20.7 Å². The van der Waals surface area contributed by atoms with E-state index in [9.17, 15) is 24.3 Å². The number of aromatic nitrogens is 2. The molecule has 0 radical (unpaired) electrons. The van der Waals surface area contributed by atoms with E-state index in [2.05, 4.69) is 43.4 Å². The first-order valence-electron chi connectivity index (χ1n) is 17.6. The molecule has 2 atom stereocenters. The van der Waals surface area contributed by atoms with Crippen molar-refractivity contribution in [1.29, 1.82) is 0 Å². The van der Waals surface area contributed by atoms with Gasteiger partial charge in [0, 0.05) is 22.6 Å². The van der Waals surface area contributed by atoms with Crippen molar-refractivity contribution in [2.45, 2.75) is 24.9 Å². The number of aryl methyl sites for hydroxylation is 1. The highest BCUT2D eigenvalue weighted by molar-refractivity contribution is 6.09. The Balaban J connectivity index is 1.17. The summed E-state index contributed by atoms with van der Waals surface area (Å²) < 4.78 is 12.7. The summed E-state index contributed by atoms with van der Waals surface area (Å²) in [6, 6.07) is 25.0. The number of pyridine rings is 2. The molecule has 13 heteroatoms. The Bertz CT molecular complexity index is 2430. The Labute approximate surface area is 315 Å². The fourth-order valence-electron chi connectivity index (χ4n) is 6.94. The third-order valence-electron chi connectivity index (χ3n) is 9.36. The first-order valence-corrected chi connectivity index (χ1v) is 17.6. The van der Waals surface area contributed by atoms with Gasteiger partial charge < -0.3 is 35.8 Å². The molecule has 8 rings (SSSR count). The number of amides is 4. The van der Waals surface area contributed by atoms with E-state index in [0.717, 1.165) is 40.7 Å². The second-order valence-corrected chi connectivity index (χ2v) is 13.1. The van der Waals surface area contributed by atoms with Crippen molar-refractivity contribution >= 4 is 59.1 Å². The summed E-state index contributed by atoms with van der Waals surface area (Å²) in [5.41, 5.74) is 4.85. The second-order valence-electron chi connectivity index (χ2n) is 13.1. The van der Waals surface area contributed by atoms with E-state index >= 15 is 0 Å². The fraction of sp³-hybridized carbons (Fsp3) is 0.143. The number of rotatable bonds is 0. The molecular formula is C42H34N6O7. The van der Waals surface area contributed by atoms with Gasteiger partial charge in [-0.05, 0) is 83.6 Å². The largest absolute Gasteiger partial charge is 0.508 e. The molecule has 1 aliphatic heterocycles. The Morgan fingerprint density at radius 3 is 2.00 bits per heavy atom. The number of benzene rings is 3. The van der Waals surface area contributed by atoms with Gasteiger partial charge in [-0.2, -0.15) is 0 Å². The van der Waals surface area contributed by atoms with Gasteiger partial charge in [-0.3, -0.25) is 19.2 Å². The van der Waals surface area contributed by atoms with Gasteiger partial charge in [0.25, 0.3) is 23.6 Å². The number of carbonyl (C=O) groups excluding carboxylic acids is 4. The van der Waals surface area contributed by atoms with Gasteiger partial charge in [0.15, 0.2) is 6.61 Å². The smallest absolute Gasteiger partial charge is 0.263 e. The van der Waals surface area contributed by atoms with E-state index in [1.807, 2.05) is 48.6 Å². The van der Waals surface area contributed by atoms with Crippen LogP contribution >= 0.6 is 0 Å². The van der Waals surface area contributed by atoms with Crippen LogP contribution in [0.25, 0.3) is 12.2 Å². The summed E-state index contributed by atoms with van der Waals surface area (Å²) in [4.78, 5) is 61.9. The lowest BCUT2D eigenvalue weighted by Crippen LogP contribution is -2.30. The van der Waals surface area contributed by atoms with Crippen LogP contribution < -0.4 is 26.0 Å². The van der Waals surface area contributed by atoms with E-state index in [0.29, 0.717) is 5.75 Å². The fourth-order valence-corrected chi connectivity index (χ4v) is 6.94. The summed E-state index contributed by atoms with van der Waals surface area (Å²) in [6.45, 7) is -0.679. The molecule has 5 aromatic rings. The van der Waals surface area contributed by atoms with Gasteiger partial charge in [0.1, 0.15) is 41.4 Å². The predicted octanol–water partition coefficient (Wildman–Crippen LogP) is 6.16. The highest BCUT2D eigenvalue weighted by atomic mass is 16.5. The van der Waals surface area contributed by atoms with Crippen LogP contribution in [0.5, 0.6) is 11.5 Å². The highest BCUT2D eigenvalue weighted by Gasteiger charge is 2.34. The molecule has 3 aromatic carbocycles. The summed E-state index contributed by atoms with van der Waals surface area (Å²) in [7, 11) is 0. The maximum absolute atomic E-state index is 13.3. The van der Waals surface area contributed by atoms with Crippen molar-refractivity contribution in [2.75, 3.05) is 34.5 Å². The molecule has 2 unspecified atom stereocenters. The first kappa shape index (κ1) is 34.9. The van der Waals surface area contributed by atoms with Crippen molar-refractivity contribution in [3.05, 3.63) is 142 Å². The average Bonchev–Trinajstić information content (AvgIpc) is 3.18. The topological polar surface area (TPSA) is 181 Å². The second kappa shape index (κ2) is 15.1. The van der Waals surface area contributed by atoms with Crippen LogP contribution in [0.1, 0.15) is 60.9 Å². The summed E-state index contributed by atoms with van der Waals surface area (Å²) in [6.07, 6.45) is 9.19. The zero-order chi connectivity index (χ0) is 37.9. The van der Waals surface area contributed by atoms with E-state index < -0.39 is 35.7 Å². The minimum atomic E-state index is -0.661. The SMILES string of the molecule is O=C1COc2ccc3c(c2C2c4ccccc4C=CC2OCC(=O)Nc2cccc(n2)NC(=O)c2cc(O)cc(c2)C(=O)Nc2cccc(n2)N1)C=CCC3. The maximum Gasteiger partial charge on any atom is 0.263 e. The minimum Gasteiger partial charge on any atom is -0.508 e. The Hall–Kier alpha value is -7.12. The standard InChI is InChI=1S/C42H34N6O7/c49-28-20-26-19-27(21-28)42(53)48-36-14-6-12-34(44-36)46-38(51)23-55-32-18-16-25-8-2-4-10-30(25)40(32)39-29-9-3-1-7-24(29)15-17-31(39)54-22-37(50)45-33-11-5-13-35(43-33)47-41(26)52/h1,3-7,9-21,31,39,49H,2,8,22-23H2,(H2,43,45,47,50,52)(H2,44,46,48,51,53). The minimum absolute atomic E-state index is 0.0244. The molecule has 13 nitrogen and oxygen atoms in total. The number of nitrogens with zero attached hydrogens (tertiary/aromatic N) is 2. The molecule has 5 N–H and O–H groups in total. The molecule has 274 valence electrons. The number of hydrogen-bond acceptors (Lipinski definition) is 9. The van der Waals surface area contributed by atoms with Crippen LogP contribution in [-0.4, -0.2) is 58.0 Å². The average molecular weight is 735 g/mol. The van der Waals surface area contributed by atoms with Crippen LogP contribution in [0.15, 0.2) is 103 Å². The first-order chi connectivity index (χ1) is 26.8. The molecule has 0 saturated heterocycles. The quantitative estimate of drug-likeness (QED) is 0.125. The Morgan fingerprint density at radius 1 is 0.673 bits per heavy atom. The molecule has 4 amide bonds. The maximum atomic E-state index is 13.3. The number of ether oxygens (including phenoxy) is 2. The molecule has 0 spiro atoms. The molecule has 3 heterocycles. The lowest BCUT2D eigenvalue weighted by Gasteiger charge is -2.33. The number of phenols is 1. The molecule has 3 aliphatic rings. The monoisotopic (exact) mass is 734 g/mol.